The first-order chi connectivity index (χ1) is 9.18. The molecule has 0 aromatic heterocycles. The van der Waals surface area contributed by atoms with Crippen molar-refractivity contribution < 1.29 is 18.0 Å². The molecule has 3 N–H and O–H groups in total. The van der Waals surface area contributed by atoms with Crippen LogP contribution in [0.1, 0.15) is 32.3 Å². The van der Waals surface area contributed by atoms with E-state index >= 15 is 0 Å². The fraction of sp³-hybridized carbons (Fsp3) is 0.500. The lowest BCUT2D eigenvalue weighted by molar-refractivity contribution is -0.137. The van der Waals surface area contributed by atoms with Crippen LogP contribution in [-0.2, 0) is 11.0 Å². The molecular formula is C14H19F3N2O. The van der Waals surface area contributed by atoms with Crippen LogP contribution in [0, 0.1) is 5.92 Å². The Morgan fingerprint density at radius 3 is 2.20 bits per heavy atom. The average molecular weight is 288 g/mol. The average Bonchev–Trinajstić information content (AvgIpc) is 2.26. The Morgan fingerprint density at radius 1 is 1.25 bits per heavy atom. The van der Waals surface area contributed by atoms with Gasteiger partial charge in [0.1, 0.15) is 0 Å². The van der Waals surface area contributed by atoms with Gasteiger partial charge in [0, 0.05) is 18.2 Å². The van der Waals surface area contributed by atoms with Gasteiger partial charge < -0.3 is 11.1 Å². The summed E-state index contributed by atoms with van der Waals surface area (Å²) >= 11 is 0. The van der Waals surface area contributed by atoms with Gasteiger partial charge in [0.2, 0.25) is 5.91 Å². The molecule has 1 rings (SSSR count). The fourth-order valence-electron chi connectivity index (χ4n) is 2.00. The van der Waals surface area contributed by atoms with Crippen molar-refractivity contribution in [1.29, 1.82) is 0 Å². The van der Waals surface area contributed by atoms with Gasteiger partial charge in [-0.05, 0) is 36.6 Å². The highest BCUT2D eigenvalue weighted by Gasteiger charge is 2.30. The molecule has 3 nitrogen and oxygen atoms in total. The molecule has 112 valence electrons. The number of hydrogen-bond acceptors (Lipinski definition) is 2. The number of anilines is 1. The Bertz CT molecular complexity index is 441. The maximum Gasteiger partial charge on any atom is 0.416 e. The van der Waals surface area contributed by atoms with Crippen molar-refractivity contribution in [3.63, 3.8) is 0 Å². The molecule has 0 radical (unpaired) electrons. The first-order valence-corrected chi connectivity index (χ1v) is 6.40. The summed E-state index contributed by atoms with van der Waals surface area (Å²) < 4.78 is 37.3. The molecule has 0 unspecified atom stereocenters. The minimum absolute atomic E-state index is 0.152. The van der Waals surface area contributed by atoms with Crippen molar-refractivity contribution in [1.82, 2.24) is 0 Å². The largest absolute Gasteiger partial charge is 0.416 e. The minimum atomic E-state index is -4.34. The highest BCUT2D eigenvalue weighted by Crippen LogP contribution is 2.30. The van der Waals surface area contributed by atoms with E-state index in [2.05, 4.69) is 5.32 Å². The molecule has 1 atom stereocenters. The highest BCUT2D eigenvalue weighted by molar-refractivity contribution is 5.75. The summed E-state index contributed by atoms with van der Waals surface area (Å²) in [4.78, 5) is 11.0. The predicted octanol–water partition coefficient (Wildman–Crippen LogP) is 3.41. The number of rotatable bonds is 6. The SMILES string of the molecule is CC(C)C[C@@H](CC(N)=O)Nc1ccc(C(F)(F)F)cc1. The van der Waals surface area contributed by atoms with Gasteiger partial charge in [0.15, 0.2) is 0 Å². The first-order valence-electron chi connectivity index (χ1n) is 6.40. The number of amides is 1. The van der Waals surface area contributed by atoms with Gasteiger partial charge >= 0.3 is 6.18 Å². The predicted molar refractivity (Wildman–Crippen MR) is 72.1 cm³/mol. The Kier molecular flexibility index (Phi) is 5.42. The van der Waals surface area contributed by atoms with Crippen LogP contribution >= 0.6 is 0 Å². The van der Waals surface area contributed by atoms with Gasteiger partial charge in [-0.25, -0.2) is 0 Å². The Labute approximate surface area is 116 Å². The van der Waals surface area contributed by atoms with E-state index in [1.54, 1.807) is 0 Å². The third-order valence-corrected chi connectivity index (χ3v) is 2.79. The zero-order valence-corrected chi connectivity index (χ0v) is 11.5. The van der Waals surface area contributed by atoms with Crippen LogP contribution < -0.4 is 11.1 Å². The number of benzene rings is 1. The summed E-state index contributed by atoms with van der Waals surface area (Å²) in [6.45, 7) is 4.00. The number of nitrogens with two attached hydrogens (primary N) is 1. The summed E-state index contributed by atoms with van der Waals surface area (Å²) in [5.74, 6) is -0.0867. The van der Waals surface area contributed by atoms with Gasteiger partial charge in [0.25, 0.3) is 0 Å². The lowest BCUT2D eigenvalue weighted by Crippen LogP contribution is -2.28. The number of carbonyl (C=O) groups excluding carboxylic acids is 1. The molecule has 20 heavy (non-hydrogen) atoms. The summed E-state index contributed by atoms with van der Waals surface area (Å²) in [5, 5.41) is 3.05. The van der Waals surface area contributed by atoms with E-state index in [1.807, 2.05) is 13.8 Å². The van der Waals surface area contributed by atoms with Crippen LogP contribution in [0.2, 0.25) is 0 Å². The van der Waals surface area contributed by atoms with Crippen molar-refractivity contribution in [2.75, 3.05) is 5.32 Å². The van der Waals surface area contributed by atoms with Crippen molar-refractivity contribution in [3.8, 4) is 0 Å². The van der Waals surface area contributed by atoms with Crippen LogP contribution in [0.3, 0.4) is 0 Å². The summed E-state index contributed by atoms with van der Waals surface area (Å²) in [6.07, 6.45) is -3.48. The zero-order valence-electron chi connectivity index (χ0n) is 11.5. The quantitative estimate of drug-likeness (QED) is 0.843. The van der Waals surface area contributed by atoms with Gasteiger partial charge in [0.05, 0.1) is 5.56 Å². The standard InChI is InChI=1S/C14H19F3N2O/c1-9(2)7-12(8-13(18)20)19-11-5-3-10(4-6-11)14(15,16)17/h3-6,9,12,19H,7-8H2,1-2H3,(H2,18,20)/t12-/m0/s1. The van der Waals surface area contributed by atoms with E-state index in [0.717, 1.165) is 12.1 Å². The van der Waals surface area contributed by atoms with E-state index in [9.17, 15) is 18.0 Å². The second-order valence-corrected chi connectivity index (χ2v) is 5.22. The molecule has 0 bridgehead atoms. The molecule has 0 aliphatic heterocycles. The molecule has 0 saturated carbocycles. The van der Waals surface area contributed by atoms with Gasteiger partial charge in [-0.1, -0.05) is 13.8 Å². The molecule has 0 aliphatic rings. The lowest BCUT2D eigenvalue weighted by atomic mass is 10.0. The topological polar surface area (TPSA) is 55.1 Å². The van der Waals surface area contributed by atoms with Crippen LogP contribution in [0.15, 0.2) is 24.3 Å². The molecule has 0 spiro atoms. The van der Waals surface area contributed by atoms with Crippen molar-refractivity contribution in [2.45, 2.75) is 38.9 Å². The number of alkyl halides is 3. The summed E-state index contributed by atoms with van der Waals surface area (Å²) in [5.41, 5.74) is 5.03. The highest BCUT2D eigenvalue weighted by atomic mass is 19.4. The number of halogens is 3. The smallest absolute Gasteiger partial charge is 0.382 e. The third-order valence-electron chi connectivity index (χ3n) is 2.79. The molecular weight excluding hydrogens is 269 g/mol. The van der Waals surface area contributed by atoms with Gasteiger partial charge in [-0.3, -0.25) is 4.79 Å². The van der Waals surface area contributed by atoms with Gasteiger partial charge in [-0.2, -0.15) is 13.2 Å². The lowest BCUT2D eigenvalue weighted by Gasteiger charge is -2.20. The number of nitrogens with one attached hydrogen (secondary N) is 1. The van der Waals surface area contributed by atoms with Gasteiger partial charge in [-0.15, -0.1) is 0 Å². The Hall–Kier alpha value is -1.72. The van der Waals surface area contributed by atoms with E-state index in [-0.39, 0.29) is 12.5 Å². The number of carbonyl (C=O) groups is 1. The zero-order chi connectivity index (χ0) is 15.3. The first kappa shape index (κ1) is 16.3. The van der Waals surface area contributed by atoms with Crippen molar-refractivity contribution in [2.24, 2.45) is 11.7 Å². The summed E-state index contributed by atoms with van der Waals surface area (Å²) in [6, 6.07) is 4.57. The van der Waals surface area contributed by atoms with Crippen LogP contribution in [0.4, 0.5) is 18.9 Å². The Morgan fingerprint density at radius 2 is 1.80 bits per heavy atom. The van der Waals surface area contributed by atoms with E-state index in [4.69, 9.17) is 5.73 Å². The van der Waals surface area contributed by atoms with E-state index in [1.165, 1.54) is 12.1 Å². The summed E-state index contributed by atoms with van der Waals surface area (Å²) in [7, 11) is 0. The Balaban J connectivity index is 2.75. The van der Waals surface area contributed by atoms with Crippen molar-refractivity contribution in [3.05, 3.63) is 29.8 Å². The molecule has 1 amide bonds. The van der Waals surface area contributed by atoms with Crippen LogP contribution in [0.5, 0.6) is 0 Å². The maximum atomic E-state index is 12.4. The number of primary amides is 1. The maximum absolute atomic E-state index is 12.4. The fourth-order valence-corrected chi connectivity index (χ4v) is 2.00. The van der Waals surface area contributed by atoms with Crippen LogP contribution in [-0.4, -0.2) is 11.9 Å². The molecule has 6 heteroatoms. The molecule has 0 aliphatic carbocycles. The molecule has 1 aromatic rings. The van der Waals surface area contributed by atoms with Crippen LogP contribution in [0.25, 0.3) is 0 Å². The molecule has 0 heterocycles. The minimum Gasteiger partial charge on any atom is -0.382 e. The molecule has 0 fully saturated rings. The second kappa shape index (κ2) is 6.63. The molecule has 1 aromatic carbocycles. The normalized spacial score (nSPS) is 13.3. The third kappa shape index (κ3) is 5.50. The monoisotopic (exact) mass is 288 g/mol. The van der Waals surface area contributed by atoms with E-state index in [0.29, 0.717) is 18.0 Å². The van der Waals surface area contributed by atoms with E-state index < -0.39 is 17.6 Å². The molecule has 0 saturated heterocycles. The van der Waals surface area contributed by atoms with Crippen molar-refractivity contribution >= 4 is 11.6 Å². The number of hydrogen-bond donors (Lipinski definition) is 2. The second-order valence-electron chi connectivity index (χ2n) is 5.22.